The fourth-order valence-electron chi connectivity index (χ4n) is 3.07. The van der Waals surface area contributed by atoms with E-state index in [1.807, 2.05) is 30.3 Å². The van der Waals surface area contributed by atoms with Gasteiger partial charge in [0.05, 0.1) is 6.04 Å². The summed E-state index contributed by atoms with van der Waals surface area (Å²) in [6, 6.07) is 9.19. The van der Waals surface area contributed by atoms with Crippen LogP contribution in [-0.2, 0) is 4.79 Å². The van der Waals surface area contributed by atoms with Crippen LogP contribution >= 0.6 is 0 Å². The van der Waals surface area contributed by atoms with Crippen molar-refractivity contribution in [3.8, 4) is 0 Å². The van der Waals surface area contributed by atoms with E-state index in [9.17, 15) is 9.90 Å². The fourth-order valence-corrected chi connectivity index (χ4v) is 3.07. The molecular formula is C14H17NO2. The highest BCUT2D eigenvalue weighted by Crippen LogP contribution is 2.34. The topological polar surface area (TPSA) is 40.5 Å². The molecule has 2 bridgehead atoms. The third kappa shape index (κ3) is 1.79. The van der Waals surface area contributed by atoms with Gasteiger partial charge in [0.2, 0.25) is 0 Å². The smallest absolute Gasteiger partial charge is 0.156 e. The van der Waals surface area contributed by atoms with Crippen LogP contribution in [0.1, 0.15) is 24.5 Å². The highest BCUT2D eigenvalue weighted by atomic mass is 16.3. The lowest BCUT2D eigenvalue weighted by Crippen LogP contribution is -2.57. The summed E-state index contributed by atoms with van der Waals surface area (Å²) in [6.07, 6.45) is 1.26. The highest BCUT2D eigenvalue weighted by Gasteiger charge is 2.44. The molecule has 3 heterocycles. The molecule has 3 aliphatic heterocycles. The first kappa shape index (κ1) is 10.9. The molecule has 3 heteroatoms. The van der Waals surface area contributed by atoms with E-state index < -0.39 is 6.10 Å². The molecule has 3 fully saturated rings. The van der Waals surface area contributed by atoms with Gasteiger partial charge in [0.15, 0.2) is 5.78 Å². The molecule has 3 aliphatic rings. The van der Waals surface area contributed by atoms with Crippen molar-refractivity contribution in [1.29, 1.82) is 0 Å². The Labute approximate surface area is 101 Å². The standard InChI is InChI=1S/C14H17NO2/c16-13(10-4-2-1-3-5-10)12-14(17)11-6-8-15(12)9-7-11/h1-5,11-13,16H,6-9H2/t12-,13-/m1/s1. The molecule has 0 aliphatic carbocycles. The molecule has 90 valence electrons. The molecule has 0 amide bonds. The van der Waals surface area contributed by atoms with Crippen LogP contribution in [0, 0.1) is 5.92 Å². The van der Waals surface area contributed by atoms with Gasteiger partial charge in [0.25, 0.3) is 0 Å². The fraction of sp³-hybridized carbons (Fsp3) is 0.500. The van der Waals surface area contributed by atoms with Crippen LogP contribution in [0.5, 0.6) is 0 Å². The summed E-state index contributed by atoms with van der Waals surface area (Å²) in [5.74, 6) is 0.419. The molecule has 0 unspecified atom stereocenters. The second kappa shape index (κ2) is 4.24. The summed E-state index contributed by atoms with van der Waals surface area (Å²) in [6.45, 7) is 1.90. The van der Waals surface area contributed by atoms with Gasteiger partial charge in [-0.05, 0) is 31.5 Å². The lowest BCUT2D eigenvalue weighted by Gasteiger charge is -2.45. The first-order valence-electron chi connectivity index (χ1n) is 6.28. The number of nitrogens with zero attached hydrogens (tertiary/aromatic N) is 1. The van der Waals surface area contributed by atoms with Crippen molar-refractivity contribution in [2.75, 3.05) is 13.1 Å². The minimum atomic E-state index is -0.674. The number of Topliss-reactive ketones (excluding diaryl/α,β-unsaturated/α-hetero) is 1. The Kier molecular flexibility index (Phi) is 2.73. The summed E-state index contributed by atoms with van der Waals surface area (Å²) in [4.78, 5) is 14.3. The molecule has 0 spiro atoms. The van der Waals surface area contributed by atoms with E-state index in [1.165, 1.54) is 0 Å². The molecule has 1 N–H and O–H groups in total. The van der Waals surface area contributed by atoms with Crippen molar-refractivity contribution in [3.63, 3.8) is 0 Å². The predicted octanol–water partition coefficient (Wildman–Crippen LogP) is 1.38. The van der Waals surface area contributed by atoms with E-state index in [1.54, 1.807) is 0 Å². The summed E-state index contributed by atoms with van der Waals surface area (Å²) >= 11 is 0. The van der Waals surface area contributed by atoms with Gasteiger partial charge in [-0.3, -0.25) is 9.69 Å². The number of ketones is 1. The van der Waals surface area contributed by atoms with Crippen molar-refractivity contribution in [2.24, 2.45) is 5.92 Å². The number of benzene rings is 1. The van der Waals surface area contributed by atoms with Crippen LogP contribution in [0.25, 0.3) is 0 Å². The second-order valence-electron chi connectivity index (χ2n) is 5.01. The molecule has 0 radical (unpaired) electrons. The van der Waals surface area contributed by atoms with Gasteiger partial charge in [-0.2, -0.15) is 0 Å². The van der Waals surface area contributed by atoms with Gasteiger partial charge in [0.1, 0.15) is 6.10 Å². The number of rotatable bonds is 2. The molecule has 4 rings (SSSR count). The van der Waals surface area contributed by atoms with Gasteiger partial charge in [-0.1, -0.05) is 30.3 Å². The van der Waals surface area contributed by atoms with Crippen molar-refractivity contribution >= 4 is 5.78 Å². The number of carbonyl (C=O) groups excluding carboxylic acids is 1. The number of piperidine rings is 3. The van der Waals surface area contributed by atoms with Crippen LogP contribution in [0.15, 0.2) is 30.3 Å². The zero-order chi connectivity index (χ0) is 11.8. The van der Waals surface area contributed by atoms with Gasteiger partial charge in [-0.25, -0.2) is 0 Å². The molecule has 2 atom stereocenters. The average Bonchev–Trinajstić information content (AvgIpc) is 2.40. The first-order chi connectivity index (χ1) is 8.27. The third-order valence-electron chi connectivity index (χ3n) is 4.06. The van der Waals surface area contributed by atoms with Crippen molar-refractivity contribution in [3.05, 3.63) is 35.9 Å². The average molecular weight is 231 g/mol. The Bertz CT molecular complexity index is 409. The van der Waals surface area contributed by atoms with Crippen molar-refractivity contribution < 1.29 is 9.90 Å². The molecule has 3 saturated heterocycles. The quantitative estimate of drug-likeness (QED) is 0.836. The Hall–Kier alpha value is -1.19. The Morgan fingerprint density at radius 1 is 1.18 bits per heavy atom. The highest BCUT2D eigenvalue weighted by molar-refractivity contribution is 5.88. The largest absolute Gasteiger partial charge is 0.386 e. The first-order valence-corrected chi connectivity index (χ1v) is 6.28. The predicted molar refractivity (Wildman–Crippen MR) is 64.5 cm³/mol. The number of fused-ring (bicyclic) bond motifs is 3. The van der Waals surface area contributed by atoms with E-state index in [0.29, 0.717) is 0 Å². The van der Waals surface area contributed by atoms with Crippen molar-refractivity contribution in [1.82, 2.24) is 4.90 Å². The molecule has 0 saturated carbocycles. The lowest BCUT2D eigenvalue weighted by atomic mass is 9.79. The van der Waals surface area contributed by atoms with E-state index in [2.05, 4.69) is 4.90 Å². The van der Waals surface area contributed by atoms with Gasteiger partial charge < -0.3 is 5.11 Å². The Balaban J connectivity index is 1.87. The van der Waals surface area contributed by atoms with Gasteiger partial charge in [0, 0.05) is 5.92 Å². The molecule has 17 heavy (non-hydrogen) atoms. The van der Waals surface area contributed by atoms with E-state index in [4.69, 9.17) is 0 Å². The van der Waals surface area contributed by atoms with Gasteiger partial charge in [-0.15, -0.1) is 0 Å². The molecule has 1 aromatic carbocycles. The summed E-state index contributed by atoms with van der Waals surface area (Å²) in [5, 5.41) is 10.4. The third-order valence-corrected chi connectivity index (χ3v) is 4.06. The van der Waals surface area contributed by atoms with E-state index >= 15 is 0 Å². The van der Waals surface area contributed by atoms with Gasteiger partial charge >= 0.3 is 0 Å². The number of carbonyl (C=O) groups is 1. The van der Waals surface area contributed by atoms with Crippen LogP contribution in [0.4, 0.5) is 0 Å². The second-order valence-corrected chi connectivity index (χ2v) is 5.01. The van der Waals surface area contributed by atoms with Crippen LogP contribution in [-0.4, -0.2) is 34.9 Å². The van der Waals surface area contributed by atoms with E-state index in [0.717, 1.165) is 31.5 Å². The van der Waals surface area contributed by atoms with Crippen LogP contribution in [0.2, 0.25) is 0 Å². The Morgan fingerprint density at radius 3 is 2.41 bits per heavy atom. The number of aliphatic hydroxyl groups excluding tert-OH is 1. The normalized spacial score (nSPS) is 33.7. The van der Waals surface area contributed by atoms with Crippen molar-refractivity contribution in [2.45, 2.75) is 25.0 Å². The lowest BCUT2D eigenvalue weighted by molar-refractivity contribution is -0.143. The summed E-state index contributed by atoms with van der Waals surface area (Å²) in [7, 11) is 0. The minimum absolute atomic E-state index is 0.184. The maximum absolute atomic E-state index is 12.2. The summed E-state index contributed by atoms with van der Waals surface area (Å²) < 4.78 is 0. The SMILES string of the molecule is O=C1C2CCN(CC2)[C@@H]1[C@H](O)c1ccccc1. The maximum Gasteiger partial charge on any atom is 0.156 e. The zero-order valence-electron chi connectivity index (χ0n) is 9.75. The summed E-state index contributed by atoms with van der Waals surface area (Å²) in [5.41, 5.74) is 0.846. The Morgan fingerprint density at radius 2 is 1.82 bits per heavy atom. The molecule has 3 nitrogen and oxygen atoms in total. The number of hydrogen-bond acceptors (Lipinski definition) is 3. The van der Waals surface area contributed by atoms with Crippen LogP contribution < -0.4 is 0 Å². The number of aliphatic hydroxyl groups is 1. The minimum Gasteiger partial charge on any atom is -0.386 e. The van der Waals surface area contributed by atoms with E-state index in [-0.39, 0.29) is 17.7 Å². The maximum atomic E-state index is 12.2. The molecule has 0 aromatic heterocycles. The molecule has 1 aromatic rings. The van der Waals surface area contributed by atoms with Crippen LogP contribution in [0.3, 0.4) is 0 Å². The zero-order valence-corrected chi connectivity index (χ0v) is 9.75. The number of hydrogen-bond donors (Lipinski definition) is 1. The molecular weight excluding hydrogens is 214 g/mol. The monoisotopic (exact) mass is 231 g/mol.